The van der Waals surface area contributed by atoms with Crippen LogP contribution in [0.2, 0.25) is 0 Å². The zero-order valence-electron chi connectivity index (χ0n) is 34.1. The lowest BCUT2D eigenvalue weighted by Crippen LogP contribution is -2.17. The topological polar surface area (TPSA) is 75.3 Å². The van der Waals surface area contributed by atoms with Gasteiger partial charge in [-0.05, 0) is 94.5 Å². The van der Waals surface area contributed by atoms with E-state index in [2.05, 4.69) is 145 Å². The number of anilines is 3. The second kappa shape index (κ2) is 14.7. The summed E-state index contributed by atoms with van der Waals surface area (Å²) >= 11 is 0. The van der Waals surface area contributed by atoms with Gasteiger partial charge in [0.05, 0.1) is 11.3 Å². The third-order valence-corrected chi connectivity index (χ3v) is 10.5. The van der Waals surface area contributed by atoms with Gasteiger partial charge >= 0.3 is 0 Å². The average Bonchev–Trinajstić information content (AvgIpc) is 3.56. The second-order valence-electron chi connectivity index (χ2n) is 17.5. The summed E-state index contributed by atoms with van der Waals surface area (Å²) in [6, 6.07) is 43.8. The van der Waals surface area contributed by atoms with Crippen molar-refractivity contribution in [3.05, 3.63) is 150 Å². The molecule has 0 amide bonds. The van der Waals surface area contributed by atoms with Crippen molar-refractivity contribution >= 4 is 39.3 Å². The zero-order valence-corrected chi connectivity index (χ0v) is 34.1. The maximum Gasteiger partial charge on any atom is 0.180 e. The molecule has 57 heavy (non-hydrogen) atoms. The molecule has 0 unspecified atom stereocenters. The van der Waals surface area contributed by atoms with E-state index in [4.69, 9.17) is 19.4 Å². The Bertz CT molecular complexity index is 2720. The molecule has 6 nitrogen and oxygen atoms in total. The number of fused-ring (bicyclic) bond motifs is 3. The number of hydrogen-bond donors (Lipinski definition) is 1. The number of aromatic nitrogens is 3. The number of phenolic OH excluding ortho intramolecular Hbond substituents is 1. The Labute approximate surface area is 335 Å². The van der Waals surface area contributed by atoms with Crippen LogP contribution in [-0.4, -0.2) is 20.1 Å². The fourth-order valence-electron chi connectivity index (χ4n) is 7.66. The number of aromatic hydroxyl groups is 1. The third-order valence-electron chi connectivity index (χ3n) is 10.5. The summed E-state index contributed by atoms with van der Waals surface area (Å²) in [7, 11) is 0. The standard InChI is InChI=1S/C51H50N4O2/c1-32(2)26-33-27-35(29-37(28-33)55(44-24-16-17-25-52-44)42-22-14-12-20-38(42)34-18-10-9-11-19-34)45-48-46(39-21-13-15-23-43(39)57-48)54-49(53-45)40-30-36(50(3,4)5)31-41(47(40)56)51(6,7)8/h9-25,27-32,56H,26H2,1-8H3. The third kappa shape index (κ3) is 7.40. The highest BCUT2D eigenvalue weighted by Gasteiger charge is 2.28. The van der Waals surface area contributed by atoms with Crippen molar-refractivity contribution in [2.75, 3.05) is 4.90 Å². The van der Waals surface area contributed by atoms with Gasteiger partial charge < -0.3 is 9.52 Å². The second-order valence-corrected chi connectivity index (χ2v) is 17.5. The van der Waals surface area contributed by atoms with Crippen molar-refractivity contribution in [1.29, 1.82) is 0 Å². The van der Waals surface area contributed by atoms with Gasteiger partial charge in [-0.1, -0.05) is 128 Å². The first-order chi connectivity index (χ1) is 27.3. The molecule has 0 aliphatic heterocycles. The van der Waals surface area contributed by atoms with Gasteiger partial charge in [-0.25, -0.2) is 15.0 Å². The van der Waals surface area contributed by atoms with Gasteiger partial charge in [0, 0.05) is 34.0 Å². The molecule has 8 aromatic rings. The summed E-state index contributed by atoms with van der Waals surface area (Å²) in [5, 5.41) is 13.0. The highest BCUT2D eigenvalue weighted by molar-refractivity contribution is 6.07. The molecule has 0 spiro atoms. The number of pyridine rings is 1. The number of para-hydroxylation sites is 2. The van der Waals surface area contributed by atoms with Crippen LogP contribution in [0.25, 0.3) is 55.8 Å². The van der Waals surface area contributed by atoms with E-state index in [9.17, 15) is 5.11 Å². The molecule has 0 aliphatic carbocycles. The minimum atomic E-state index is -0.319. The first-order valence-corrected chi connectivity index (χ1v) is 19.8. The lowest BCUT2D eigenvalue weighted by Gasteiger charge is -2.28. The Kier molecular flexibility index (Phi) is 9.69. The van der Waals surface area contributed by atoms with Crippen molar-refractivity contribution in [2.24, 2.45) is 5.92 Å². The van der Waals surface area contributed by atoms with Crippen LogP contribution >= 0.6 is 0 Å². The summed E-state index contributed by atoms with van der Waals surface area (Å²) in [5.74, 6) is 1.84. The van der Waals surface area contributed by atoms with Gasteiger partial charge in [0.25, 0.3) is 0 Å². The van der Waals surface area contributed by atoms with E-state index in [0.29, 0.717) is 34.1 Å². The van der Waals surface area contributed by atoms with Gasteiger partial charge in [-0.2, -0.15) is 0 Å². The normalized spacial score (nSPS) is 12.2. The largest absolute Gasteiger partial charge is 0.507 e. The predicted octanol–water partition coefficient (Wildman–Crippen LogP) is 13.7. The molecule has 8 rings (SSSR count). The van der Waals surface area contributed by atoms with Gasteiger partial charge in [-0.15, -0.1) is 0 Å². The molecule has 0 saturated heterocycles. The quantitative estimate of drug-likeness (QED) is 0.167. The van der Waals surface area contributed by atoms with Crippen molar-refractivity contribution < 1.29 is 9.52 Å². The van der Waals surface area contributed by atoms with E-state index in [1.807, 2.05) is 48.7 Å². The molecular weight excluding hydrogens is 701 g/mol. The lowest BCUT2D eigenvalue weighted by molar-refractivity contribution is 0.446. The summed E-state index contributed by atoms with van der Waals surface area (Å²) in [6.45, 7) is 17.4. The lowest BCUT2D eigenvalue weighted by atomic mass is 9.79. The molecule has 0 atom stereocenters. The van der Waals surface area contributed by atoms with Crippen LogP contribution in [-0.2, 0) is 17.3 Å². The number of nitrogens with zero attached hydrogens (tertiary/aromatic N) is 4. The molecule has 0 radical (unpaired) electrons. The van der Waals surface area contributed by atoms with E-state index in [1.54, 1.807) is 0 Å². The van der Waals surface area contributed by atoms with Crippen LogP contribution in [0.1, 0.15) is 72.1 Å². The van der Waals surface area contributed by atoms with E-state index in [0.717, 1.165) is 68.0 Å². The van der Waals surface area contributed by atoms with Crippen LogP contribution in [0.5, 0.6) is 5.75 Å². The van der Waals surface area contributed by atoms with Crippen molar-refractivity contribution in [2.45, 2.75) is 72.6 Å². The van der Waals surface area contributed by atoms with Crippen LogP contribution in [0.3, 0.4) is 0 Å². The summed E-state index contributed by atoms with van der Waals surface area (Å²) < 4.78 is 6.67. The average molecular weight is 751 g/mol. The summed E-state index contributed by atoms with van der Waals surface area (Å²) in [5.41, 5.74) is 11.0. The van der Waals surface area contributed by atoms with Crippen LogP contribution in [0.15, 0.2) is 138 Å². The zero-order chi connectivity index (χ0) is 40.1. The van der Waals surface area contributed by atoms with Gasteiger partial charge in [0.2, 0.25) is 0 Å². The Balaban J connectivity index is 1.44. The van der Waals surface area contributed by atoms with Gasteiger partial charge in [0.1, 0.15) is 28.4 Å². The molecule has 1 N–H and O–H groups in total. The predicted molar refractivity (Wildman–Crippen MR) is 236 cm³/mol. The molecule has 0 bridgehead atoms. The number of rotatable bonds is 8. The molecule has 286 valence electrons. The van der Waals surface area contributed by atoms with E-state index in [1.165, 1.54) is 0 Å². The van der Waals surface area contributed by atoms with E-state index < -0.39 is 0 Å². The molecule has 6 heteroatoms. The Morgan fingerprint density at radius 3 is 2.12 bits per heavy atom. The number of phenols is 1. The van der Waals surface area contributed by atoms with E-state index in [-0.39, 0.29) is 16.6 Å². The molecular formula is C51H50N4O2. The van der Waals surface area contributed by atoms with E-state index >= 15 is 0 Å². The number of furan rings is 1. The number of benzene rings is 5. The Hall–Kier alpha value is -6.27. The maximum atomic E-state index is 12.1. The van der Waals surface area contributed by atoms with Crippen LogP contribution in [0, 0.1) is 5.92 Å². The maximum absolute atomic E-state index is 12.1. The van der Waals surface area contributed by atoms with Gasteiger partial charge in [0.15, 0.2) is 11.4 Å². The first kappa shape index (κ1) is 37.6. The Morgan fingerprint density at radius 1 is 0.684 bits per heavy atom. The minimum Gasteiger partial charge on any atom is -0.507 e. The monoisotopic (exact) mass is 750 g/mol. The van der Waals surface area contributed by atoms with Crippen molar-refractivity contribution in [1.82, 2.24) is 15.0 Å². The fraction of sp³-hybridized carbons (Fsp3) is 0.235. The molecule has 0 saturated carbocycles. The molecule has 0 fully saturated rings. The molecule has 3 heterocycles. The van der Waals surface area contributed by atoms with Crippen molar-refractivity contribution in [3.63, 3.8) is 0 Å². The highest BCUT2D eigenvalue weighted by Crippen LogP contribution is 2.45. The number of hydrogen-bond acceptors (Lipinski definition) is 6. The summed E-state index contributed by atoms with van der Waals surface area (Å²) in [4.78, 5) is 17.7. The molecule has 0 aliphatic rings. The van der Waals surface area contributed by atoms with Crippen molar-refractivity contribution in [3.8, 4) is 39.5 Å². The summed E-state index contributed by atoms with van der Waals surface area (Å²) in [6.07, 6.45) is 2.69. The first-order valence-electron chi connectivity index (χ1n) is 19.8. The minimum absolute atomic E-state index is 0.178. The molecule has 5 aromatic carbocycles. The van der Waals surface area contributed by atoms with Crippen LogP contribution in [0.4, 0.5) is 17.2 Å². The fourth-order valence-corrected chi connectivity index (χ4v) is 7.66. The van der Waals surface area contributed by atoms with Crippen LogP contribution < -0.4 is 4.90 Å². The SMILES string of the molecule is CC(C)Cc1cc(-c2nc(-c3cc(C(C)(C)C)cc(C(C)(C)C)c3O)nc3c2oc2ccccc23)cc(N(c2ccccn2)c2ccccc2-c2ccccc2)c1. The smallest absolute Gasteiger partial charge is 0.180 e. The van der Waals surface area contributed by atoms with Gasteiger partial charge in [-0.3, -0.25) is 4.90 Å². The highest BCUT2D eigenvalue weighted by atomic mass is 16.3. The molecule has 3 aromatic heterocycles. The Morgan fingerprint density at radius 2 is 1.40 bits per heavy atom.